The number of nitrogens with one attached hydrogen (secondary N) is 1. The first-order valence-electron chi connectivity index (χ1n) is 7.71. The summed E-state index contributed by atoms with van der Waals surface area (Å²) in [4.78, 5) is 12.4. The zero-order chi connectivity index (χ0) is 17.0. The minimum Gasteiger partial charge on any atom is -0.324 e. The number of hydrogen-bond acceptors (Lipinski definition) is 1. The zero-order valence-corrected chi connectivity index (χ0v) is 15.1. The van der Waals surface area contributed by atoms with E-state index in [-0.39, 0.29) is 11.8 Å². The number of amides is 1. The highest BCUT2D eigenvalue weighted by atomic mass is 35.5. The van der Waals surface area contributed by atoms with Gasteiger partial charge >= 0.3 is 0 Å². The molecule has 0 aliphatic heterocycles. The van der Waals surface area contributed by atoms with Crippen LogP contribution in [-0.4, -0.2) is 5.91 Å². The van der Waals surface area contributed by atoms with Crippen molar-refractivity contribution in [2.75, 3.05) is 5.32 Å². The molecule has 2 nitrogen and oxygen atoms in total. The highest BCUT2D eigenvalue weighted by Gasteiger charge is 2.16. The summed E-state index contributed by atoms with van der Waals surface area (Å²) in [7, 11) is 0. The summed E-state index contributed by atoms with van der Waals surface area (Å²) >= 11 is 12.0. The molecule has 0 saturated carbocycles. The van der Waals surface area contributed by atoms with Crippen molar-refractivity contribution >= 4 is 34.8 Å². The summed E-state index contributed by atoms with van der Waals surface area (Å²) in [6.07, 6.45) is 1.04. The normalized spacial score (nSPS) is 12.3. The Kier molecular flexibility index (Phi) is 6.09. The predicted octanol–water partition coefficient (Wildman–Crippen LogP) is 5.93. The first-order valence-corrected chi connectivity index (χ1v) is 8.47. The van der Waals surface area contributed by atoms with Gasteiger partial charge in [-0.25, -0.2) is 0 Å². The third-order valence-corrected chi connectivity index (χ3v) is 4.25. The second-order valence-corrected chi connectivity index (χ2v) is 7.02. The van der Waals surface area contributed by atoms with Crippen molar-refractivity contribution < 1.29 is 4.79 Å². The van der Waals surface area contributed by atoms with E-state index in [0.717, 1.165) is 12.0 Å². The summed E-state index contributed by atoms with van der Waals surface area (Å²) in [6.45, 7) is 6.27. The molecule has 2 rings (SSSR count). The van der Waals surface area contributed by atoms with Crippen LogP contribution in [0.4, 0.5) is 5.69 Å². The Bertz CT molecular complexity index is 680. The molecule has 0 aliphatic rings. The highest BCUT2D eigenvalue weighted by Crippen LogP contribution is 2.27. The van der Waals surface area contributed by atoms with Gasteiger partial charge in [0.15, 0.2) is 0 Å². The van der Waals surface area contributed by atoms with Crippen LogP contribution in [0, 0.1) is 5.92 Å². The standard InChI is InChI=1S/C19H21Cl2NO/c1-12(2)10-14-4-6-15(7-5-14)13(3)19(23)22-18-9-8-16(20)11-17(18)21/h4-9,11-13H,10H2,1-3H3,(H,22,23)/t13-/m0/s1. The molecule has 0 unspecified atom stereocenters. The molecule has 0 aliphatic carbocycles. The fourth-order valence-electron chi connectivity index (χ4n) is 2.40. The van der Waals surface area contributed by atoms with Gasteiger partial charge in [-0.15, -0.1) is 0 Å². The molecule has 0 saturated heterocycles. The van der Waals surface area contributed by atoms with Crippen LogP contribution in [0.3, 0.4) is 0 Å². The Morgan fingerprint density at radius 1 is 1.04 bits per heavy atom. The van der Waals surface area contributed by atoms with E-state index in [1.165, 1.54) is 5.56 Å². The lowest BCUT2D eigenvalue weighted by Crippen LogP contribution is -2.19. The third kappa shape index (κ3) is 4.98. The zero-order valence-electron chi connectivity index (χ0n) is 13.6. The van der Waals surface area contributed by atoms with Gasteiger partial charge in [-0.3, -0.25) is 4.79 Å². The smallest absolute Gasteiger partial charge is 0.231 e. The Morgan fingerprint density at radius 2 is 1.70 bits per heavy atom. The number of carbonyl (C=O) groups is 1. The molecular formula is C19H21Cl2NO. The quantitative estimate of drug-likeness (QED) is 0.711. The monoisotopic (exact) mass is 349 g/mol. The molecule has 0 radical (unpaired) electrons. The summed E-state index contributed by atoms with van der Waals surface area (Å²) < 4.78 is 0. The first-order chi connectivity index (χ1) is 10.9. The molecule has 122 valence electrons. The Morgan fingerprint density at radius 3 is 2.26 bits per heavy atom. The summed E-state index contributed by atoms with van der Waals surface area (Å²) in [5.74, 6) is 0.272. The molecule has 2 aromatic rings. The summed E-state index contributed by atoms with van der Waals surface area (Å²) in [6, 6.07) is 13.2. The van der Waals surface area contributed by atoms with E-state index >= 15 is 0 Å². The second kappa shape index (κ2) is 7.85. The van der Waals surface area contributed by atoms with Gasteiger partial charge in [-0.05, 0) is 48.6 Å². The number of hydrogen-bond donors (Lipinski definition) is 1. The molecule has 4 heteroatoms. The number of anilines is 1. The molecular weight excluding hydrogens is 329 g/mol. The molecule has 0 spiro atoms. The predicted molar refractivity (Wildman–Crippen MR) is 98.5 cm³/mol. The van der Waals surface area contributed by atoms with Crippen LogP contribution in [-0.2, 0) is 11.2 Å². The van der Waals surface area contributed by atoms with Crippen LogP contribution in [0.2, 0.25) is 10.0 Å². The molecule has 0 heterocycles. The van der Waals surface area contributed by atoms with Crippen molar-refractivity contribution in [3.63, 3.8) is 0 Å². The first kappa shape index (κ1) is 17.8. The van der Waals surface area contributed by atoms with E-state index in [1.807, 2.05) is 19.1 Å². The van der Waals surface area contributed by atoms with Gasteiger partial charge in [0, 0.05) is 5.02 Å². The Hall–Kier alpha value is -1.51. The second-order valence-electron chi connectivity index (χ2n) is 6.17. The van der Waals surface area contributed by atoms with E-state index in [0.29, 0.717) is 21.7 Å². The molecule has 0 bridgehead atoms. The number of halogens is 2. The molecule has 0 fully saturated rings. The topological polar surface area (TPSA) is 29.1 Å². The van der Waals surface area contributed by atoms with Gasteiger partial charge in [0.25, 0.3) is 0 Å². The van der Waals surface area contributed by atoms with Crippen molar-refractivity contribution in [2.45, 2.75) is 33.1 Å². The number of benzene rings is 2. The van der Waals surface area contributed by atoms with Crippen molar-refractivity contribution in [3.8, 4) is 0 Å². The van der Waals surface area contributed by atoms with Gasteiger partial charge in [-0.2, -0.15) is 0 Å². The van der Waals surface area contributed by atoms with Crippen molar-refractivity contribution in [3.05, 3.63) is 63.6 Å². The van der Waals surface area contributed by atoms with E-state index < -0.39 is 0 Å². The molecule has 23 heavy (non-hydrogen) atoms. The minimum atomic E-state index is -0.255. The van der Waals surface area contributed by atoms with Gasteiger partial charge in [0.2, 0.25) is 5.91 Å². The fraction of sp³-hybridized carbons (Fsp3) is 0.316. The van der Waals surface area contributed by atoms with E-state index in [1.54, 1.807) is 18.2 Å². The summed E-state index contributed by atoms with van der Waals surface area (Å²) in [5.41, 5.74) is 2.85. The Labute approximate surface area is 147 Å². The van der Waals surface area contributed by atoms with Gasteiger partial charge in [-0.1, -0.05) is 61.3 Å². The average Bonchev–Trinajstić information content (AvgIpc) is 2.49. The lowest BCUT2D eigenvalue weighted by atomic mass is 9.96. The third-order valence-electron chi connectivity index (χ3n) is 3.71. The van der Waals surface area contributed by atoms with E-state index in [4.69, 9.17) is 23.2 Å². The van der Waals surface area contributed by atoms with Crippen molar-refractivity contribution in [2.24, 2.45) is 5.92 Å². The lowest BCUT2D eigenvalue weighted by molar-refractivity contribution is -0.117. The maximum Gasteiger partial charge on any atom is 0.231 e. The van der Waals surface area contributed by atoms with Crippen LogP contribution in [0.5, 0.6) is 0 Å². The molecule has 1 N–H and O–H groups in total. The van der Waals surface area contributed by atoms with Crippen LogP contribution in [0.15, 0.2) is 42.5 Å². The van der Waals surface area contributed by atoms with Gasteiger partial charge < -0.3 is 5.32 Å². The van der Waals surface area contributed by atoms with Crippen LogP contribution >= 0.6 is 23.2 Å². The van der Waals surface area contributed by atoms with Crippen LogP contribution in [0.25, 0.3) is 0 Å². The molecule has 2 aromatic carbocycles. The highest BCUT2D eigenvalue weighted by molar-refractivity contribution is 6.36. The largest absolute Gasteiger partial charge is 0.324 e. The van der Waals surface area contributed by atoms with Crippen LogP contribution < -0.4 is 5.32 Å². The van der Waals surface area contributed by atoms with Crippen LogP contribution in [0.1, 0.15) is 37.8 Å². The van der Waals surface area contributed by atoms with E-state index in [9.17, 15) is 4.79 Å². The van der Waals surface area contributed by atoms with Gasteiger partial charge in [0.1, 0.15) is 0 Å². The number of rotatable bonds is 5. The molecule has 0 aromatic heterocycles. The molecule has 1 atom stereocenters. The lowest BCUT2D eigenvalue weighted by Gasteiger charge is -2.14. The SMILES string of the molecule is CC(C)Cc1ccc([C@H](C)C(=O)Nc2ccc(Cl)cc2Cl)cc1. The van der Waals surface area contributed by atoms with Gasteiger partial charge in [0.05, 0.1) is 16.6 Å². The molecule has 1 amide bonds. The Balaban J connectivity index is 2.07. The average molecular weight is 350 g/mol. The van der Waals surface area contributed by atoms with Crippen molar-refractivity contribution in [1.82, 2.24) is 0 Å². The summed E-state index contributed by atoms with van der Waals surface area (Å²) in [5, 5.41) is 3.83. The maximum atomic E-state index is 12.4. The maximum absolute atomic E-state index is 12.4. The van der Waals surface area contributed by atoms with E-state index in [2.05, 4.69) is 31.3 Å². The number of carbonyl (C=O) groups excluding carboxylic acids is 1. The van der Waals surface area contributed by atoms with Crippen molar-refractivity contribution in [1.29, 1.82) is 0 Å². The minimum absolute atomic E-state index is 0.0918. The fourth-order valence-corrected chi connectivity index (χ4v) is 2.85.